The molecule has 51 heteroatoms. The van der Waals surface area contributed by atoms with Gasteiger partial charge in [0.15, 0.2) is 47.5 Å². The van der Waals surface area contributed by atoms with E-state index in [9.17, 15) is 57.9 Å². The maximum Gasteiger partial charge on any atom is 0.469 e. The number of nitrogens with two attached hydrogens (primary N) is 3. The smallest absolute Gasteiger partial charge is 0.392 e. The molecular weight excluding hydrogens is 1400 g/mol. The maximum atomic E-state index is 11.8. The zero-order valence-electron chi connectivity index (χ0n) is 49.2. The number of anilines is 3. The van der Waals surface area contributed by atoms with Gasteiger partial charge in [0, 0.05) is 46.9 Å². The van der Waals surface area contributed by atoms with E-state index in [1.165, 1.54) is 68.8 Å². The molecule has 0 saturated carbocycles. The summed E-state index contributed by atoms with van der Waals surface area (Å²) in [6.07, 6.45) is -1.78. The Morgan fingerprint density at radius 2 is 0.825 bits per heavy atom. The van der Waals surface area contributed by atoms with Crippen LogP contribution in [0.2, 0.25) is 0 Å². The minimum Gasteiger partial charge on any atom is -0.392 e. The van der Waals surface area contributed by atoms with E-state index < -0.39 is 156 Å². The number of hydrogen-bond acceptors (Lipinski definition) is 33. The normalized spacial score (nSPS) is 14.1. The highest BCUT2D eigenvalue weighted by Crippen LogP contribution is 2.38. The first kappa shape index (κ1) is 92.9. The molecule has 0 aromatic carbocycles. The van der Waals surface area contributed by atoms with Crippen LogP contribution in [0.5, 0.6) is 0 Å². The first-order valence-electron chi connectivity index (χ1n) is 25.8. The van der Waals surface area contributed by atoms with Crippen LogP contribution in [-0.2, 0) is 74.3 Å². The molecule has 0 aliphatic heterocycles. The lowest BCUT2D eigenvalue weighted by Crippen LogP contribution is -2.37. The second kappa shape index (κ2) is 44.8. The Labute approximate surface area is 550 Å². The van der Waals surface area contributed by atoms with Crippen LogP contribution in [0.15, 0.2) is 62.7 Å². The number of phosphoric ester groups is 4. The van der Waals surface area contributed by atoms with Crippen molar-refractivity contribution in [2.75, 3.05) is 125 Å². The SMILES string of the molecule is C.C.C.C.COC[C@@H](COP(=O)(O)O)O[C@H](CO)n1ccc(=O)[nH]c1=O.COC[C@@H](COP(=O)(O)O)O[C@H](CO)n1ccc(N)nc1=O.COC[C@@H](COP(=O)(O)O)O[C@H](CO)n1cnc2c(=O)[nH]c(N)nc21.COC[C@@H](COP(=O)(O)O)O[C@H](CO)n1cnc2c(N)ncnc21. The average molecular weight is 1490 g/mol. The number of fused-ring (bicyclic) bond motifs is 2. The Balaban J connectivity index is 0. The molecule has 0 amide bonds. The van der Waals surface area contributed by atoms with E-state index in [-0.39, 0.29) is 84.9 Å². The zero-order valence-corrected chi connectivity index (χ0v) is 52.7. The van der Waals surface area contributed by atoms with Crippen LogP contribution < -0.4 is 39.7 Å². The maximum absolute atomic E-state index is 11.8. The number of aliphatic hydroxyl groups excluding tert-OH is 4. The van der Waals surface area contributed by atoms with Crippen molar-refractivity contribution in [3.63, 3.8) is 0 Å². The number of aromatic nitrogens is 12. The summed E-state index contributed by atoms with van der Waals surface area (Å²) in [4.78, 5) is 143. The Morgan fingerprint density at radius 3 is 1.19 bits per heavy atom. The highest BCUT2D eigenvalue weighted by Gasteiger charge is 2.29. The standard InChI is InChI=1S/C11H18N5O8P.C11H18N5O7P.C10H18N3O8P.C10H17N2O9P.4CH4/c1-22-3-6(4-23-25(19,20)21)24-7(2-17)16-5-13-8-9(16)14-11(12)15-10(8)18;1-21-3-7(4-22-24(18,19)20)23-8(2-17)16-6-15-9-10(12)13-5-14-11(9)16;1-19-5-7(6-20-22(16,17)18)21-9(4-14)13-3-2-8(11)12-10(13)15;1-19-5-7(6-20-22(16,17)18)21-9(4-13)12-3-2-8(14)11-10(12)15;;;;/h5-7,17H,2-4H2,1H3,(H2,19,20,21)(H3,12,14,15,18);5-8,17H,2-4H2,1H3,(H2,12,13,14)(H2,18,19,20);2-3,7,9,14H,4-6H2,1H3,(H2,11,12,15)(H2,16,17,18);2-3,7,9,13H,4-6H2,1H3,(H,11,14,15)(H2,16,17,18);4*1H4/t6-,7+;7-,8+;2*7-,9+;;;;/m0000..../s1. The molecule has 558 valence electrons. The van der Waals surface area contributed by atoms with Crippen LogP contribution in [-0.4, -0.2) is 250 Å². The van der Waals surface area contributed by atoms with Crippen molar-refractivity contribution in [3.05, 3.63) is 85.2 Å². The molecular formula is C46H87N15O32P4. The predicted molar refractivity (Wildman–Crippen MR) is 337 cm³/mol. The van der Waals surface area contributed by atoms with E-state index in [4.69, 9.17) is 94.2 Å². The molecule has 6 heterocycles. The van der Waals surface area contributed by atoms with Crippen molar-refractivity contribution in [1.29, 1.82) is 0 Å². The minimum atomic E-state index is -4.70. The van der Waals surface area contributed by atoms with Gasteiger partial charge in [-0.15, -0.1) is 0 Å². The number of aromatic amines is 2. The lowest BCUT2D eigenvalue weighted by molar-refractivity contribution is -0.117. The summed E-state index contributed by atoms with van der Waals surface area (Å²) in [5, 5.41) is 37.8. The number of hydrogen-bond donors (Lipinski definition) is 17. The topological polar surface area (TPSA) is 697 Å². The van der Waals surface area contributed by atoms with Crippen LogP contribution >= 0.6 is 31.3 Å². The summed E-state index contributed by atoms with van der Waals surface area (Å²) in [6.45, 7) is -4.40. The van der Waals surface area contributed by atoms with Gasteiger partial charge < -0.3 is 115 Å². The van der Waals surface area contributed by atoms with Gasteiger partial charge in [0.05, 0.1) is 91.9 Å². The second-order valence-corrected chi connectivity index (χ2v) is 22.9. The molecule has 0 unspecified atom stereocenters. The number of imidazole rings is 2. The Bertz CT molecular complexity index is 3670. The molecule has 0 radical (unpaired) electrons. The summed E-state index contributed by atoms with van der Waals surface area (Å²) in [5.41, 5.74) is 14.6. The number of H-pyrrole nitrogens is 2. The van der Waals surface area contributed by atoms with Gasteiger partial charge in [-0.25, -0.2) is 47.8 Å². The van der Waals surface area contributed by atoms with E-state index in [0.717, 1.165) is 21.4 Å². The monoisotopic (exact) mass is 1490 g/mol. The summed E-state index contributed by atoms with van der Waals surface area (Å²) >= 11 is 0. The van der Waals surface area contributed by atoms with Gasteiger partial charge in [-0.1, -0.05) is 29.7 Å². The van der Waals surface area contributed by atoms with Gasteiger partial charge in [0.1, 0.15) is 42.1 Å². The van der Waals surface area contributed by atoms with E-state index in [0.29, 0.717) is 11.2 Å². The zero-order chi connectivity index (χ0) is 69.9. The van der Waals surface area contributed by atoms with Crippen LogP contribution in [0.25, 0.3) is 22.3 Å². The number of phosphoric acid groups is 4. The molecule has 6 aromatic heterocycles. The number of rotatable bonds is 36. The van der Waals surface area contributed by atoms with E-state index in [2.05, 4.69) is 53.0 Å². The molecule has 47 nitrogen and oxygen atoms in total. The van der Waals surface area contributed by atoms with Gasteiger partial charge in [-0.2, -0.15) is 9.97 Å². The summed E-state index contributed by atoms with van der Waals surface area (Å²) in [6, 6.07) is 2.40. The van der Waals surface area contributed by atoms with E-state index >= 15 is 0 Å². The number of nitrogens with one attached hydrogen (secondary N) is 2. The molecule has 0 bridgehead atoms. The quantitative estimate of drug-likeness (QED) is 0.0170. The van der Waals surface area contributed by atoms with Crippen molar-refractivity contribution in [1.82, 2.24) is 58.1 Å². The van der Waals surface area contributed by atoms with E-state index in [1.54, 1.807) is 0 Å². The largest absolute Gasteiger partial charge is 0.469 e. The number of ether oxygens (including phenoxy) is 8. The van der Waals surface area contributed by atoms with Crippen molar-refractivity contribution >= 4 is 71.2 Å². The Morgan fingerprint density at radius 1 is 0.464 bits per heavy atom. The molecule has 97 heavy (non-hydrogen) atoms. The third-order valence-corrected chi connectivity index (χ3v) is 12.9. The number of nitrogens with zero attached hydrogens (tertiary/aromatic N) is 10. The molecule has 6 aromatic rings. The van der Waals surface area contributed by atoms with Crippen molar-refractivity contribution in [2.24, 2.45) is 0 Å². The lowest BCUT2D eigenvalue weighted by Gasteiger charge is -2.24. The molecule has 0 saturated heterocycles. The summed E-state index contributed by atoms with van der Waals surface area (Å²) < 4.78 is 106. The number of aliphatic hydroxyl groups is 4. The third kappa shape index (κ3) is 33.5. The second-order valence-electron chi connectivity index (χ2n) is 18.0. The molecule has 0 spiro atoms. The van der Waals surface area contributed by atoms with Gasteiger partial charge in [-0.3, -0.25) is 55.9 Å². The fourth-order valence-corrected chi connectivity index (χ4v) is 8.62. The van der Waals surface area contributed by atoms with Crippen LogP contribution in [0.4, 0.5) is 17.6 Å². The van der Waals surface area contributed by atoms with Crippen LogP contribution in [0.3, 0.4) is 0 Å². The van der Waals surface area contributed by atoms with Crippen LogP contribution in [0.1, 0.15) is 54.6 Å². The predicted octanol–water partition coefficient (Wildman–Crippen LogP) is -3.46. The Kier molecular flexibility index (Phi) is 42.9. The van der Waals surface area contributed by atoms with Crippen molar-refractivity contribution < 1.29 is 134 Å². The first-order chi connectivity index (χ1) is 43.6. The number of methoxy groups -OCH3 is 4. The molecule has 0 aliphatic carbocycles. The van der Waals surface area contributed by atoms with Crippen molar-refractivity contribution in [3.8, 4) is 0 Å². The van der Waals surface area contributed by atoms with Gasteiger partial charge in [0.2, 0.25) is 5.95 Å². The van der Waals surface area contributed by atoms with Gasteiger partial charge in [0.25, 0.3) is 11.1 Å². The number of nitrogen functional groups attached to an aromatic ring is 3. The van der Waals surface area contributed by atoms with Gasteiger partial charge >= 0.3 is 42.7 Å². The molecule has 8 atom stereocenters. The van der Waals surface area contributed by atoms with Crippen LogP contribution in [0, 0.1) is 0 Å². The first-order valence-corrected chi connectivity index (χ1v) is 31.9. The summed E-state index contributed by atoms with van der Waals surface area (Å²) in [7, 11) is -13.3. The highest BCUT2D eigenvalue weighted by atomic mass is 31.2. The minimum absolute atomic E-state index is 0. The fraction of sp³-hybridized carbons (Fsp3) is 0.609. The lowest BCUT2D eigenvalue weighted by atomic mass is 10.4. The van der Waals surface area contributed by atoms with E-state index in [1.807, 2.05) is 4.98 Å². The van der Waals surface area contributed by atoms with Gasteiger partial charge in [-0.05, 0) is 6.07 Å². The average Bonchev–Trinajstić information content (AvgIpc) is 1.67. The molecule has 0 fully saturated rings. The fourth-order valence-electron chi connectivity index (χ4n) is 7.18. The molecule has 20 N–H and O–H groups in total. The highest BCUT2D eigenvalue weighted by molar-refractivity contribution is 7.47. The Hall–Kier alpha value is -6.18. The molecule has 0 aliphatic rings. The molecule has 6 rings (SSSR count). The van der Waals surface area contributed by atoms with Crippen molar-refractivity contribution in [2.45, 2.75) is 79.0 Å². The summed E-state index contributed by atoms with van der Waals surface area (Å²) in [5.74, 6) is 0.0409. The third-order valence-electron chi connectivity index (χ3n) is 10.9.